The van der Waals surface area contributed by atoms with Gasteiger partial charge in [0.25, 0.3) is 0 Å². The monoisotopic (exact) mass is 283 g/mol. The predicted molar refractivity (Wildman–Crippen MR) is 73.1 cm³/mol. The van der Waals surface area contributed by atoms with Gasteiger partial charge in [-0.15, -0.1) is 0 Å². The van der Waals surface area contributed by atoms with Gasteiger partial charge in [0.1, 0.15) is 6.04 Å². The molecule has 2 atom stereocenters. The number of carboxylic acid groups (broad SMARTS) is 1. The third-order valence-electron chi connectivity index (χ3n) is 2.44. The Bertz CT molecular complexity index is 501. The summed E-state index contributed by atoms with van der Waals surface area (Å²) < 4.78 is 11.9. The van der Waals surface area contributed by atoms with Gasteiger partial charge >= 0.3 is 5.97 Å². The minimum absolute atomic E-state index is 0.0944. The van der Waals surface area contributed by atoms with Crippen molar-refractivity contribution in [1.82, 2.24) is 5.32 Å². The highest BCUT2D eigenvalue weighted by atomic mass is 32.2. The standard InChI is InChI=1S/C13H17NO4S/c1-9-4-3-5-11(6-9)7-19(18)8-12(13(16)17)14-10(2)15/h3-6,12H,7-8H2,1-2H3,(H,14,15)(H,16,17)/t12-,19?/m0/s1. The molecule has 5 nitrogen and oxygen atoms in total. The van der Waals surface area contributed by atoms with Gasteiger partial charge in [-0.05, 0) is 12.5 Å². The molecule has 0 saturated heterocycles. The predicted octanol–water partition coefficient (Wildman–Crippen LogP) is 0.833. The molecule has 19 heavy (non-hydrogen) atoms. The first-order valence-electron chi connectivity index (χ1n) is 5.79. The lowest BCUT2D eigenvalue weighted by molar-refractivity contribution is -0.140. The van der Waals surface area contributed by atoms with Crippen molar-refractivity contribution in [3.63, 3.8) is 0 Å². The van der Waals surface area contributed by atoms with Crippen LogP contribution in [0.1, 0.15) is 18.1 Å². The van der Waals surface area contributed by atoms with Crippen LogP contribution >= 0.6 is 0 Å². The van der Waals surface area contributed by atoms with E-state index in [4.69, 9.17) is 5.11 Å². The Morgan fingerprint density at radius 1 is 1.42 bits per heavy atom. The van der Waals surface area contributed by atoms with Crippen LogP contribution in [-0.2, 0) is 26.1 Å². The van der Waals surface area contributed by atoms with E-state index in [-0.39, 0.29) is 11.5 Å². The molecule has 1 aromatic rings. The molecule has 1 amide bonds. The van der Waals surface area contributed by atoms with Crippen molar-refractivity contribution in [2.45, 2.75) is 25.6 Å². The van der Waals surface area contributed by atoms with Crippen LogP contribution in [0.3, 0.4) is 0 Å². The quantitative estimate of drug-likeness (QED) is 0.810. The van der Waals surface area contributed by atoms with Crippen LogP contribution < -0.4 is 5.32 Å². The summed E-state index contributed by atoms with van der Waals surface area (Å²) in [6, 6.07) is 6.45. The van der Waals surface area contributed by atoms with Gasteiger partial charge in [0.05, 0.1) is 5.75 Å². The Kier molecular flexibility index (Phi) is 5.69. The van der Waals surface area contributed by atoms with Crippen molar-refractivity contribution < 1.29 is 18.9 Å². The van der Waals surface area contributed by atoms with E-state index < -0.39 is 28.7 Å². The van der Waals surface area contributed by atoms with E-state index in [1.165, 1.54) is 6.92 Å². The molecule has 0 heterocycles. The lowest BCUT2D eigenvalue weighted by Crippen LogP contribution is -2.43. The number of aliphatic carboxylic acids is 1. The number of amides is 1. The summed E-state index contributed by atoms with van der Waals surface area (Å²) in [4.78, 5) is 21.8. The summed E-state index contributed by atoms with van der Waals surface area (Å²) in [6.45, 7) is 3.17. The van der Waals surface area contributed by atoms with E-state index in [0.717, 1.165) is 11.1 Å². The van der Waals surface area contributed by atoms with Crippen molar-refractivity contribution in [3.05, 3.63) is 35.4 Å². The fraction of sp³-hybridized carbons (Fsp3) is 0.385. The van der Waals surface area contributed by atoms with Gasteiger partial charge in [-0.25, -0.2) is 4.79 Å². The molecule has 1 aromatic carbocycles. The van der Waals surface area contributed by atoms with Gasteiger partial charge in [0, 0.05) is 23.5 Å². The summed E-state index contributed by atoms with van der Waals surface area (Å²) in [7, 11) is -1.34. The van der Waals surface area contributed by atoms with E-state index in [1.54, 1.807) is 0 Å². The van der Waals surface area contributed by atoms with Gasteiger partial charge < -0.3 is 10.4 Å². The first-order valence-corrected chi connectivity index (χ1v) is 7.27. The van der Waals surface area contributed by atoms with Crippen molar-refractivity contribution in [3.8, 4) is 0 Å². The molecule has 2 N–H and O–H groups in total. The van der Waals surface area contributed by atoms with Gasteiger partial charge in [0.15, 0.2) is 0 Å². The second-order valence-corrected chi connectivity index (χ2v) is 5.83. The lowest BCUT2D eigenvalue weighted by Gasteiger charge is -2.12. The normalized spacial score (nSPS) is 13.6. The molecule has 0 aliphatic heterocycles. The number of aryl methyl sites for hydroxylation is 1. The second-order valence-electron chi connectivity index (χ2n) is 4.33. The average molecular weight is 283 g/mol. The highest BCUT2D eigenvalue weighted by molar-refractivity contribution is 7.84. The van der Waals surface area contributed by atoms with Crippen LogP contribution in [0.4, 0.5) is 0 Å². The molecule has 0 bridgehead atoms. The van der Waals surface area contributed by atoms with E-state index in [1.807, 2.05) is 31.2 Å². The maximum Gasteiger partial charge on any atom is 0.327 e. The zero-order valence-electron chi connectivity index (χ0n) is 10.9. The first-order chi connectivity index (χ1) is 8.88. The fourth-order valence-electron chi connectivity index (χ4n) is 1.65. The van der Waals surface area contributed by atoms with Gasteiger partial charge in [-0.1, -0.05) is 29.8 Å². The maximum absolute atomic E-state index is 11.9. The molecule has 0 fully saturated rings. The number of rotatable bonds is 6. The molecule has 0 aromatic heterocycles. The highest BCUT2D eigenvalue weighted by Crippen LogP contribution is 2.07. The van der Waals surface area contributed by atoms with Gasteiger partial charge in [-0.3, -0.25) is 9.00 Å². The van der Waals surface area contributed by atoms with E-state index in [9.17, 15) is 13.8 Å². The number of carbonyl (C=O) groups is 2. The summed E-state index contributed by atoms with van der Waals surface area (Å²) in [5.41, 5.74) is 1.96. The van der Waals surface area contributed by atoms with Crippen LogP contribution in [0.15, 0.2) is 24.3 Å². The summed E-state index contributed by atoms with van der Waals surface area (Å²) in [5, 5.41) is 11.2. The molecule has 0 spiro atoms. The highest BCUT2D eigenvalue weighted by Gasteiger charge is 2.21. The summed E-state index contributed by atoms with van der Waals surface area (Å²) >= 11 is 0. The molecule has 1 rings (SSSR count). The minimum Gasteiger partial charge on any atom is -0.480 e. The SMILES string of the molecule is CC(=O)N[C@@H](CS(=O)Cc1cccc(C)c1)C(=O)O. The summed E-state index contributed by atoms with van der Waals surface area (Å²) in [5.74, 6) is -1.43. The third kappa shape index (κ3) is 5.65. The van der Waals surface area contributed by atoms with E-state index in [0.29, 0.717) is 0 Å². The fourth-order valence-corrected chi connectivity index (χ4v) is 2.92. The van der Waals surface area contributed by atoms with Crippen LogP contribution in [-0.4, -0.2) is 33.0 Å². The molecule has 0 aliphatic rings. The molecular formula is C13H17NO4S. The molecule has 104 valence electrons. The molecule has 6 heteroatoms. The Morgan fingerprint density at radius 3 is 2.63 bits per heavy atom. The van der Waals surface area contributed by atoms with E-state index >= 15 is 0 Å². The van der Waals surface area contributed by atoms with Crippen LogP contribution in [0.5, 0.6) is 0 Å². The van der Waals surface area contributed by atoms with Crippen LogP contribution in [0.2, 0.25) is 0 Å². The van der Waals surface area contributed by atoms with Crippen LogP contribution in [0, 0.1) is 6.92 Å². The lowest BCUT2D eigenvalue weighted by atomic mass is 10.2. The Hall–Kier alpha value is -1.69. The zero-order valence-corrected chi connectivity index (χ0v) is 11.7. The summed E-state index contributed by atoms with van der Waals surface area (Å²) in [6.07, 6.45) is 0. The number of hydrogen-bond donors (Lipinski definition) is 2. The number of carbonyl (C=O) groups excluding carboxylic acids is 1. The van der Waals surface area contributed by atoms with Crippen molar-refractivity contribution >= 4 is 22.7 Å². The van der Waals surface area contributed by atoms with Crippen molar-refractivity contribution in [2.75, 3.05) is 5.75 Å². The van der Waals surface area contributed by atoms with Gasteiger partial charge in [0.2, 0.25) is 5.91 Å². The maximum atomic E-state index is 11.9. The first kappa shape index (κ1) is 15.4. The zero-order chi connectivity index (χ0) is 14.4. The minimum atomic E-state index is -1.34. The molecule has 1 unspecified atom stereocenters. The Morgan fingerprint density at radius 2 is 2.11 bits per heavy atom. The average Bonchev–Trinajstić information content (AvgIpc) is 2.27. The number of benzene rings is 1. The molecule has 0 aliphatic carbocycles. The van der Waals surface area contributed by atoms with Crippen molar-refractivity contribution in [2.24, 2.45) is 0 Å². The van der Waals surface area contributed by atoms with Crippen molar-refractivity contribution in [1.29, 1.82) is 0 Å². The van der Waals surface area contributed by atoms with Gasteiger partial charge in [-0.2, -0.15) is 0 Å². The number of carboxylic acids is 1. The van der Waals surface area contributed by atoms with E-state index in [2.05, 4.69) is 5.32 Å². The van der Waals surface area contributed by atoms with Crippen LogP contribution in [0.25, 0.3) is 0 Å². The third-order valence-corrected chi connectivity index (χ3v) is 3.80. The topological polar surface area (TPSA) is 83.5 Å². The Labute approximate surface area is 114 Å². The number of nitrogens with one attached hydrogen (secondary N) is 1. The second kappa shape index (κ2) is 7.04. The largest absolute Gasteiger partial charge is 0.480 e. The number of hydrogen-bond acceptors (Lipinski definition) is 3. The smallest absolute Gasteiger partial charge is 0.327 e. The molecule has 0 radical (unpaired) electrons. The molecular weight excluding hydrogens is 266 g/mol. The Balaban J connectivity index is 2.62. The molecule has 0 saturated carbocycles.